The first-order valence-corrected chi connectivity index (χ1v) is 9.13. The molecule has 0 heterocycles. The maximum Gasteiger partial charge on any atom is 0.340 e. The molecule has 0 spiro atoms. The van der Waals surface area contributed by atoms with Crippen LogP contribution < -0.4 is 0 Å². The number of hydrogen-bond donors (Lipinski definition) is 1. The summed E-state index contributed by atoms with van der Waals surface area (Å²) in [7, 11) is -9.92. The Morgan fingerprint density at radius 2 is 1.09 bits per heavy atom. The van der Waals surface area contributed by atoms with Crippen molar-refractivity contribution in [2.24, 2.45) is 0 Å². The first kappa shape index (κ1) is 16.6. The van der Waals surface area contributed by atoms with Gasteiger partial charge in [0.1, 0.15) is 6.61 Å². The molecular formula is C14H13FO5S2. The largest absolute Gasteiger partial charge is 0.391 e. The molecule has 0 fully saturated rings. The van der Waals surface area contributed by atoms with Crippen molar-refractivity contribution < 1.29 is 26.3 Å². The third-order valence-electron chi connectivity index (χ3n) is 3.10. The van der Waals surface area contributed by atoms with Crippen molar-refractivity contribution in [2.75, 3.05) is 6.61 Å². The van der Waals surface area contributed by atoms with Gasteiger partial charge in [-0.05, 0) is 24.3 Å². The Hall–Kier alpha value is -1.77. The number of benzene rings is 2. The van der Waals surface area contributed by atoms with Crippen molar-refractivity contribution in [2.45, 2.75) is 14.1 Å². The predicted octanol–water partition coefficient (Wildman–Crippen LogP) is 1.55. The molecule has 1 N–H and O–H groups in total. The fourth-order valence-corrected chi connectivity index (χ4v) is 5.67. The first-order valence-electron chi connectivity index (χ1n) is 6.16. The number of hydrogen-bond acceptors (Lipinski definition) is 5. The summed E-state index contributed by atoms with van der Waals surface area (Å²) >= 11 is 0. The summed E-state index contributed by atoms with van der Waals surface area (Å²) in [5, 5.41) is 9.25. The van der Waals surface area contributed by atoms with Gasteiger partial charge in [0.2, 0.25) is 19.7 Å². The minimum atomic E-state index is -4.96. The van der Waals surface area contributed by atoms with Gasteiger partial charge in [-0.3, -0.25) is 0 Å². The molecule has 0 radical (unpaired) electrons. The molecule has 8 heteroatoms. The highest BCUT2D eigenvalue weighted by Crippen LogP contribution is 2.36. The van der Waals surface area contributed by atoms with E-state index in [0.717, 1.165) is 24.3 Å². The molecule has 0 bridgehead atoms. The Kier molecular flexibility index (Phi) is 4.37. The van der Waals surface area contributed by atoms with Crippen molar-refractivity contribution in [3.63, 3.8) is 0 Å². The highest BCUT2D eigenvalue weighted by Gasteiger charge is 2.57. The summed E-state index contributed by atoms with van der Waals surface area (Å²) in [6.07, 6.45) is 0. The fourth-order valence-electron chi connectivity index (χ4n) is 1.87. The maximum atomic E-state index is 15.0. The topological polar surface area (TPSA) is 88.5 Å². The number of halogens is 1. The molecule has 0 aliphatic heterocycles. The van der Waals surface area contributed by atoms with Crippen molar-refractivity contribution in [3.8, 4) is 0 Å². The van der Waals surface area contributed by atoms with Gasteiger partial charge >= 0.3 is 4.33 Å². The molecule has 0 aliphatic carbocycles. The van der Waals surface area contributed by atoms with Crippen molar-refractivity contribution >= 4 is 19.7 Å². The summed E-state index contributed by atoms with van der Waals surface area (Å²) < 4.78 is 60.7. The van der Waals surface area contributed by atoms with Crippen LogP contribution >= 0.6 is 0 Å². The SMILES string of the molecule is O=S(=O)(c1ccccc1)C(F)(CO)S(=O)(=O)c1ccccc1. The van der Waals surface area contributed by atoms with E-state index in [0.29, 0.717) is 0 Å². The Labute approximate surface area is 127 Å². The van der Waals surface area contributed by atoms with Crippen LogP contribution in [0.15, 0.2) is 70.5 Å². The number of rotatable bonds is 5. The van der Waals surface area contributed by atoms with Gasteiger partial charge in [0, 0.05) is 0 Å². The van der Waals surface area contributed by atoms with E-state index in [9.17, 15) is 21.9 Å². The van der Waals surface area contributed by atoms with Crippen LogP contribution in [0.2, 0.25) is 0 Å². The van der Waals surface area contributed by atoms with E-state index in [1.54, 1.807) is 0 Å². The second-order valence-electron chi connectivity index (χ2n) is 4.45. The average Bonchev–Trinajstić information content (AvgIpc) is 2.55. The standard InChI is InChI=1S/C14H13FO5S2/c15-14(11-16,21(17,18)12-7-3-1-4-8-12)22(19,20)13-9-5-2-6-10-13/h1-10,16H,11H2. The van der Waals surface area contributed by atoms with Crippen LogP contribution in [-0.4, -0.2) is 32.9 Å². The molecule has 2 rings (SSSR count). The maximum absolute atomic E-state index is 15.0. The second-order valence-corrected chi connectivity index (χ2v) is 8.96. The third-order valence-corrected chi connectivity index (χ3v) is 8.06. The zero-order valence-corrected chi connectivity index (χ0v) is 12.9. The molecule has 22 heavy (non-hydrogen) atoms. The molecule has 0 saturated heterocycles. The van der Waals surface area contributed by atoms with Crippen LogP contribution in [0, 0.1) is 0 Å². The Bertz CT molecular complexity index is 777. The molecular weight excluding hydrogens is 331 g/mol. The highest BCUT2D eigenvalue weighted by molar-refractivity contribution is 8.10. The van der Waals surface area contributed by atoms with E-state index in [4.69, 9.17) is 0 Å². The smallest absolute Gasteiger partial charge is 0.340 e. The molecule has 0 aliphatic rings. The molecule has 0 aromatic heterocycles. The lowest BCUT2D eigenvalue weighted by atomic mass is 10.4. The van der Waals surface area contributed by atoms with Gasteiger partial charge in [0.15, 0.2) is 0 Å². The molecule has 2 aromatic rings. The fraction of sp³-hybridized carbons (Fsp3) is 0.143. The van der Waals surface area contributed by atoms with Crippen molar-refractivity contribution in [1.29, 1.82) is 0 Å². The number of sulfone groups is 2. The number of alkyl halides is 1. The summed E-state index contributed by atoms with van der Waals surface area (Å²) in [5.74, 6) is 0. The van der Waals surface area contributed by atoms with Gasteiger partial charge in [-0.2, -0.15) is 0 Å². The number of aliphatic hydroxyl groups excluding tert-OH is 1. The van der Waals surface area contributed by atoms with Gasteiger partial charge in [-0.1, -0.05) is 36.4 Å². The lowest BCUT2D eigenvalue weighted by Crippen LogP contribution is -2.45. The van der Waals surface area contributed by atoms with E-state index < -0.39 is 40.4 Å². The van der Waals surface area contributed by atoms with Gasteiger partial charge in [-0.25, -0.2) is 21.2 Å². The molecule has 0 saturated carbocycles. The second kappa shape index (κ2) is 5.79. The lowest BCUT2D eigenvalue weighted by Gasteiger charge is -2.23. The summed E-state index contributed by atoms with van der Waals surface area (Å²) in [4.78, 5) is -1.04. The molecule has 5 nitrogen and oxygen atoms in total. The van der Waals surface area contributed by atoms with E-state index in [1.807, 2.05) is 0 Å². The molecule has 2 aromatic carbocycles. The minimum Gasteiger partial charge on any atom is -0.391 e. The van der Waals surface area contributed by atoms with Crippen LogP contribution in [0.5, 0.6) is 0 Å². The Balaban J connectivity index is 2.69. The van der Waals surface area contributed by atoms with Gasteiger partial charge in [-0.15, -0.1) is 0 Å². The zero-order chi connectivity index (χ0) is 16.4. The van der Waals surface area contributed by atoms with Gasteiger partial charge in [0.05, 0.1) is 9.79 Å². The molecule has 0 atom stereocenters. The predicted molar refractivity (Wildman–Crippen MR) is 78.2 cm³/mol. The summed E-state index contributed by atoms with van der Waals surface area (Å²) in [5.41, 5.74) is 0. The van der Waals surface area contributed by atoms with Crippen LogP contribution in [0.3, 0.4) is 0 Å². The number of aliphatic hydroxyl groups is 1. The monoisotopic (exact) mass is 344 g/mol. The lowest BCUT2D eigenvalue weighted by molar-refractivity contribution is 0.196. The normalized spacial score (nSPS) is 13.0. The quantitative estimate of drug-likeness (QED) is 0.889. The van der Waals surface area contributed by atoms with Gasteiger partial charge < -0.3 is 5.11 Å². The minimum absolute atomic E-state index is 0.522. The summed E-state index contributed by atoms with van der Waals surface area (Å²) in [6.45, 7) is -1.71. The molecule has 0 unspecified atom stereocenters. The zero-order valence-electron chi connectivity index (χ0n) is 11.3. The van der Waals surface area contributed by atoms with E-state index in [-0.39, 0.29) is 0 Å². The van der Waals surface area contributed by atoms with E-state index >= 15 is 4.39 Å². The van der Waals surface area contributed by atoms with Crippen LogP contribution in [0.1, 0.15) is 0 Å². The van der Waals surface area contributed by atoms with Crippen LogP contribution in [0.4, 0.5) is 4.39 Å². The van der Waals surface area contributed by atoms with Crippen LogP contribution in [-0.2, 0) is 19.7 Å². The molecule has 118 valence electrons. The average molecular weight is 344 g/mol. The Morgan fingerprint density at radius 3 is 1.36 bits per heavy atom. The van der Waals surface area contributed by atoms with Crippen molar-refractivity contribution in [1.82, 2.24) is 0 Å². The van der Waals surface area contributed by atoms with Gasteiger partial charge in [0.25, 0.3) is 0 Å². The first-order chi connectivity index (χ1) is 10.3. The van der Waals surface area contributed by atoms with Crippen LogP contribution in [0.25, 0.3) is 0 Å². The Morgan fingerprint density at radius 1 is 0.773 bits per heavy atom. The molecule has 0 amide bonds. The summed E-state index contributed by atoms with van der Waals surface area (Å²) in [6, 6.07) is 12.6. The van der Waals surface area contributed by atoms with E-state index in [2.05, 4.69) is 0 Å². The third kappa shape index (κ3) is 2.43. The highest BCUT2D eigenvalue weighted by atomic mass is 32.3. The van der Waals surface area contributed by atoms with Crippen molar-refractivity contribution in [3.05, 3.63) is 60.7 Å². The van der Waals surface area contributed by atoms with E-state index in [1.165, 1.54) is 36.4 Å².